The Balaban J connectivity index is 3.34. The molecular weight excluding hydrogens is 252 g/mol. The van der Waals surface area contributed by atoms with E-state index in [9.17, 15) is 4.39 Å². The number of nitrogens with one attached hydrogen (secondary N) is 1. The molecule has 1 aromatic heterocycles. The van der Waals surface area contributed by atoms with Crippen LogP contribution in [-0.2, 0) is 0 Å². The largest absolute Gasteiger partial charge is 0.352 e. The number of aromatic nitrogens is 1. The third-order valence-electron chi connectivity index (χ3n) is 0.827. The predicted octanol–water partition coefficient (Wildman–Crippen LogP) is 2.49. The predicted molar refractivity (Wildman–Crippen MR) is 44.3 cm³/mol. The van der Waals surface area contributed by atoms with Gasteiger partial charge in [0.05, 0.1) is 3.57 Å². The van der Waals surface area contributed by atoms with Crippen LogP contribution in [0.25, 0.3) is 0 Å². The second-order valence-corrected chi connectivity index (χ2v) is 3.10. The lowest BCUT2D eigenvalue weighted by Crippen LogP contribution is -1.82. The van der Waals surface area contributed by atoms with Gasteiger partial charge < -0.3 is 4.98 Å². The fourth-order valence-electron chi connectivity index (χ4n) is 0.429. The van der Waals surface area contributed by atoms with E-state index in [1.165, 1.54) is 12.3 Å². The third-order valence-corrected chi connectivity index (χ3v) is 1.89. The van der Waals surface area contributed by atoms with Gasteiger partial charge in [-0.05, 0) is 22.6 Å². The monoisotopic (exact) mass is 255 g/mol. The zero-order valence-electron chi connectivity index (χ0n) is 4.32. The normalized spacial score (nSPS) is 9.56. The highest BCUT2D eigenvalue weighted by atomic mass is 127. The first-order valence-electron chi connectivity index (χ1n) is 2.24. The minimum atomic E-state index is -0.264. The Morgan fingerprint density at radius 3 is 2.78 bits per heavy atom. The van der Waals surface area contributed by atoms with Crippen LogP contribution in [0.5, 0.6) is 0 Å². The molecule has 0 radical (unpaired) electrons. The van der Waals surface area contributed by atoms with E-state index < -0.39 is 0 Å². The van der Waals surface area contributed by atoms with Gasteiger partial charge in [0.1, 0.15) is 10.5 Å². The summed E-state index contributed by atoms with van der Waals surface area (Å²) in [7, 11) is 0. The zero-order valence-corrected chi connectivity index (χ0v) is 7.29. The summed E-state index contributed by atoms with van der Waals surface area (Å²) >= 11 is 6.55. The van der Waals surface area contributed by atoms with Gasteiger partial charge in [-0.15, -0.1) is 0 Å². The number of pyridine rings is 1. The molecule has 48 valence electrons. The van der Waals surface area contributed by atoms with Crippen molar-refractivity contribution in [2.24, 2.45) is 0 Å². The lowest BCUT2D eigenvalue weighted by molar-refractivity contribution is 0.617. The highest BCUT2D eigenvalue weighted by Crippen LogP contribution is 2.07. The van der Waals surface area contributed by atoms with Gasteiger partial charge in [-0.2, -0.15) is 0 Å². The number of H-pyrrole nitrogens is 1. The summed E-state index contributed by atoms with van der Waals surface area (Å²) < 4.78 is 13.5. The van der Waals surface area contributed by atoms with Crippen molar-refractivity contribution in [2.75, 3.05) is 0 Å². The van der Waals surface area contributed by atoms with Crippen molar-refractivity contribution in [2.45, 2.75) is 0 Å². The van der Waals surface area contributed by atoms with Gasteiger partial charge in [0.2, 0.25) is 0 Å². The molecular formula is C5H3FINS. The van der Waals surface area contributed by atoms with Gasteiger partial charge in [-0.1, -0.05) is 12.2 Å². The third kappa shape index (κ3) is 1.72. The lowest BCUT2D eigenvalue weighted by atomic mass is 10.5. The molecule has 0 saturated heterocycles. The smallest absolute Gasteiger partial charge is 0.140 e. The first-order chi connectivity index (χ1) is 4.20. The molecule has 0 unspecified atom stereocenters. The van der Waals surface area contributed by atoms with E-state index in [0.29, 0.717) is 8.21 Å². The lowest BCUT2D eigenvalue weighted by Gasteiger charge is -1.89. The zero-order chi connectivity index (χ0) is 6.85. The maximum Gasteiger partial charge on any atom is 0.140 e. The molecule has 0 aromatic carbocycles. The van der Waals surface area contributed by atoms with Crippen LogP contribution in [0, 0.1) is 14.0 Å². The molecule has 1 N–H and O–H groups in total. The second-order valence-electron chi connectivity index (χ2n) is 1.49. The summed E-state index contributed by atoms with van der Waals surface area (Å²) in [4.78, 5) is 2.71. The van der Waals surface area contributed by atoms with Crippen molar-refractivity contribution in [3.05, 3.63) is 26.3 Å². The molecule has 1 rings (SSSR count). The molecule has 0 atom stereocenters. The highest BCUT2D eigenvalue weighted by Gasteiger charge is 1.93. The van der Waals surface area contributed by atoms with Crippen molar-refractivity contribution >= 4 is 34.8 Å². The van der Waals surface area contributed by atoms with Crippen LogP contribution in [-0.4, -0.2) is 4.98 Å². The van der Waals surface area contributed by atoms with Crippen molar-refractivity contribution in [1.82, 2.24) is 4.98 Å². The Morgan fingerprint density at radius 1 is 1.67 bits per heavy atom. The molecule has 0 amide bonds. The molecule has 1 aromatic rings. The van der Waals surface area contributed by atoms with E-state index >= 15 is 0 Å². The summed E-state index contributed by atoms with van der Waals surface area (Å²) in [5.41, 5.74) is 0. The molecule has 0 saturated carbocycles. The summed E-state index contributed by atoms with van der Waals surface area (Å²) in [5.74, 6) is -0.264. The summed E-state index contributed by atoms with van der Waals surface area (Å²) in [6, 6.07) is 1.29. The molecule has 9 heavy (non-hydrogen) atoms. The van der Waals surface area contributed by atoms with E-state index in [0.717, 1.165) is 0 Å². The number of hydrogen-bond donors (Lipinski definition) is 1. The molecule has 4 heteroatoms. The molecule has 1 heterocycles. The topological polar surface area (TPSA) is 15.8 Å². The first kappa shape index (κ1) is 7.14. The number of hydrogen-bond acceptors (Lipinski definition) is 1. The maximum absolute atomic E-state index is 12.5. The Hall–Kier alpha value is 0.0300. The quantitative estimate of drug-likeness (QED) is 0.556. The fraction of sp³-hybridized carbons (Fsp3) is 0. The molecule has 0 aliphatic heterocycles. The van der Waals surface area contributed by atoms with E-state index in [1.54, 1.807) is 0 Å². The van der Waals surface area contributed by atoms with Gasteiger partial charge in [0, 0.05) is 12.3 Å². The van der Waals surface area contributed by atoms with Gasteiger partial charge in [-0.25, -0.2) is 4.39 Å². The van der Waals surface area contributed by atoms with Gasteiger partial charge in [0.25, 0.3) is 0 Å². The SMILES string of the molecule is Fc1cc(=S)[nH]cc1I. The van der Waals surface area contributed by atoms with Crippen LogP contribution >= 0.6 is 34.8 Å². The Bertz CT molecular complexity index is 270. The molecule has 0 spiro atoms. The minimum absolute atomic E-state index is 0.264. The number of halogens is 2. The van der Waals surface area contributed by atoms with Gasteiger partial charge >= 0.3 is 0 Å². The Morgan fingerprint density at radius 2 is 2.33 bits per heavy atom. The van der Waals surface area contributed by atoms with Crippen LogP contribution in [0.2, 0.25) is 0 Å². The molecule has 0 bridgehead atoms. The van der Waals surface area contributed by atoms with Crippen molar-refractivity contribution in [1.29, 1.82) is 0 Å². The standard InChI is InChI=1S/C5H3FINS/c6-3-1-5(9)8-2-4(3)7/h1-2H,(H,8,9). The average Bonchev–Trinajstić information content (AvgIpc) is 1.80. The van der Waals surface area contributed by atoms with Crippen molar-refractivity contribution < 1.29 is 4.39 Å². The number of rotatable bonds is 0. The summed E-state index contributed by atoms with van der Waals surface area (Å²) in [5, 5.41) is 0. The average molecular weight is 255 g/mol. The van der Waals surface area contributed by atoms with Gasteiger partial charge in [-0.3, -0.25) is 0 Å². The van der Waals surface area contributed by atoms with E-state index in [1.807, 2.05) is 22.6 Å². The Kier molecular flexibility index (Phi) is 2.18. The molecule has 0 aliphatic rings. The summed E-state index contributed by atoms with van der Waals surface area (Å²) in [6.07, 6.45) is 1.54. The van der Waals surface area contributed by atoms with Crippen LogP contribution in [0.3, 0.4) is 0 Å². The van der Waals surface area contributed by atoms with Crippen LogP contribution in [0.1, 0.15) is 0 Å². The van der Waals surface area contributed by atoms with Crippen LogP contribution < -0.4 is 0 Å². The summed E-state index contributed by atoms with van der Waals surface area (Å²) in [6.45, 7) is 0. The van der Waals surface area contributed by atoms with E-state index in [2.05, 4.69) is 17.2 Å². The van der Waals surface area contributed by atoms with Crippen LogP contribution in [0.15, 0.2) is 12.3 Å². The first-order valence-corrected chi connectivity index (χ1v) is 3.72. The Labute approximate surface area is 70.4 Å². The molecule has 0 aliphatic carbocycles. The van der Waals surface area contributed by atoms with Crippen molar-refractivity contribution in [3.8, 4) is 0 Å². The van der Waals surface area contributed by atoms with Crippen LogP contribution in [0.4, 0.5) is 4.39 Å². The van der Waals surface area contributed by atoms with Crippen molar-refractivity contribution in [3.63, 3.8) is 0 Å². The van der Waals surface area contributed by atoms with E-state index in [4.69, 9.17) is 0 Å². The molecule has 1 nitrogen and oxygen atoms in total. The maximum atomic E-state index is 12.5. The molecule has 0 fully saturated rings. The van der Waals surface area contributed by atoms with E-state index in [-0.39, 0.29) is 5.82 Å². The second kappa shape index (κ2) is 2.74. The fourth-order valence-corrected chi connectivity index (χ4v) is 0.903. The minimum Gasteiger partial charge on any atom is -0.352 e. The highest BCUT2D eigenvalue weighted by molar-refractivity contribution is 14.1. The number of aromatic amines is 1. The van der Waals surface area contributed by atoms with Gasteiger partial charge in [0.15, 0.2) is 0 Å².